The summed E-state index contributed by atoms with van der Waals surface area (Å²) in [4.78, 5) is 0.0278. The molecule has 0 saturated carbocycles. The Kier molecular flexibility index (Phi) is 5.14. The molecule has 0 amide bonds. The summed E-state index contributed by atoms with van der Waals surface area (Å²) in [5.74, 6) is 0.849. The number of rotatable bonds is 5. The lowest BCUT2D eigenvalue weighted by molar-refractivity contribution is 0.297. The van der Waals surface area contributed by atoms with Crippen LogP contribution in [0.15, 0.2) is 40.9 Å². The molecule has 0 fully saturated rings. The summed E-state index contributed by atoms with van der Waals surface area (Å²) < 4.78 is 25.6. The first-order valence-corrected chi connectivity index (χ1v) is 7.26. The fourth-order valence-corrected chi connectivity index (χ4v) is 2.39. The maximum Gasteiger partial charge on any atom is 0.139 e. The van der Waals surface area contributed by atoms with Crippen LogP contribution >= 0.6 is 28.1 Å². The lowest BCUT2D eigenvalue weighted by Gasteiger charge is -2.11. The average molecular weight is 370 g/mol. The van der Waals surface area contributed by atoms with E-state index in [2.05, 4.69) is 15.9 Å². The van der Waals surface area contributed by atoms with Gasteiger partial charge in [0, 0.05) is 11.1 Å². The highest BCUT2D eigenvalue weighted by molar-refractivity contribution is 9.10. The zero-order valence-corrected chi connectivity index (χ0v) is 13.6. The van der Waals surface area contributed by atoms with E-state index in [1.807, 2.05) is 0 Å². The predicted molar refractivity (Wildman–Crippen MR) is 87.3 cm³/mol. The van der Waals surface area contributed by atoms with Crippen LogP contribution in [0, 0.1) is 5.82 Å². The van der Waals surface area contributed by atoms with Gasteiger partial charge in [-0.25, -0.2) is 4.39 Å². The fraction of sp³-hybridized carbons (Fsp3) is 0.133. The summed E-state index contributed by atoms with van der Waals surface area (Å²) in [5.41, 5.74) is 6.09. The van der Waals surface area contributed by atoms with Crippen LogP contribution in [0.25, 0.3) is 0 Å². The van der Waals surface area contributed by atoms with Gasteiger partial charge < -0.3 is 15.2 Å². The van der Waals surface area contributed by atoms with E-state index in [1.54, 1.807) is 43.5 Å². The molecule has 0 aliphatic heterocycles. The number of nitrogens with two attached hydrogens (primary N) is 1. The van der Waals surface area contributed by atoms with Gasteiger partial charge >= 0.3 is 0 Å². The van der Waals surface area contributed by atoms with Crippen molar-refractivity contribution in [2.24, 2.45) is 5.73 Å². The van der Waals surface area contributed by atoms with E-state index >= 15 is 0 Å². The van der Waals surface area contributed by atoms with Gasteiger partial charge in [-0.15, -0.1) is 0 Å². The van der Waals surface area contributed by atoms with Gasteiger partial charge in [0.05, 0.1) is 11.6 Å². The van der Waals surface area contributed by atoms with E-state index in [0.717, 1.165) is 4.47 Å². The largest absolute Gasteiger partial charge is 0.497 e. The maximum atomic E-state index is 14.2. The van der Waals surface area contributed by atoms with Gasteiger partial charge in [-0.2, -0.15) is 0 Å². The normalized spacial score (nSPS) is 10.2. The van der Waals surface area contributed by atoms with E-state index in [9.17, 15) is 4.39 Å². The zero-order valence-electron chi connectivity index (χ0n) is 11.2. The molecule has 0 bridgehead atoms. The van der Waals surface area contributed by atoms with E-state index in [1.165, 1.54) is 0 Å². The highest BCUT2D eigenvalue weighted by Crippen LogP contribution is 2.30. The van der Waals surface area contributed by atoms with Crippen molar-refractivity contribution in [1.29, 1.82) is 0 Å². The summed E-state index contributed by atoms with van der Waals surface area (Å²) in [6.07, 6.45) is 0. The topological polar surface area (TPSA) is 44.5 Å². The summed E-state index contributed by atoms with van der Waals surface area (Å²) in [6.45, 7) is 0.0766. The Bertz CT molecular complexity index is 679. The molecule has 2 N–H and O–H groups in total. The van der Waals surface area contributed by atoms with Gasteiger partial charge in [0.15, 0.2) is 0 Å². The summed E-state index contributed by atoms with van der Waals surface area (Å²) >= 11 is 8.19. The third-order valence-electron chi connectivity index (χ3n) is 2.87. The number of benzene rings is 2. The second-order valence-corrected chi connectivity index (χ2v) is 5.52. The first kappa shape index (κ1) is 15.7. The van der Waals surface area contributed by atoms with Gasteiger partial charge in [-0.3, -0.25) is 0 Å². The Labute approximate surface area is 136 Å². The smallest absolute Gasteiger partial charge is 0.139 e. The number of thiocarbonyl (C=S) groups is 1. The predicted octanol–water partition coefficient (Wildman–Crippen LogP) is 3.81. The van der Waals surface area contributed by atoms with Crippen molar-refractivity contribution in [3.05, 3.63) is 57.8 Å². The standard InChI is InChI=1S/C15H13BrFNO2S/c1-19-10-5-6-13(12(16)7-10)20-8-9-3-2-4-11(14(9)17)15(18)21/h2-7H,8H2,1H3,(H2,18,21). The second-order valence-electron chi connectivity index (χ2n) is 4.23. The van der Waals surface area contributed by atoms with E-state index in [0.29, 0.717) is 17.1 Å². The number of methoxy groups -OCH3 is 1. The van der Waals surface area contributed by atoms with Crippen LogP contribution < -0.4 is 15.2 Å². The van der Waals surface area contributed by atoms with Crippen LogP contribution in [0.1, 0.15) is 11.1 Å². The van der Waals surface area contributed by atoms with Gasteiger partial charge in [0.1, 0.15) is 28.9 Å². The van der Waals surface area contributed by atoms with Crippen molar-refractivity contribution < 1.29 is 13.9 Å². The number of hydrogen-bond acceptors (Lipinski definition) is 3. The second kappa shape index (κ2) is 6.87. The highest BCUT2D eigenvalue weighted by atomic mass is 79.9. The van der Waals surface area contributed by atoms with Crippen LogP contribution in [0.3, 0.4) is 0 Å². The molecule has 110 valence electrons. The monoisotopic (exact) mass is 369 g/mol. The molecule has 0 atom stereocenters. The zero-order chi connectivity index (χ0) is 15.4. The Morgan fingerprint density at radius 2 is 2.10 bits per heavy atom. The van der Waals surface area contributed by atoms with Crippen molar-refractivity contribution in [3.8, 4) is 11.5 Å². The van der Waals surface area contributed by atoms with E-state index in [4.69, 9.17) is 27.4 Å². The van der Waals surface area contributed by atoms with Crippen LogP contribution in [-0.2, 0) is 6.61 Å². The number of ether oxygens (including phenoxy) is 2. The molecule has 0 heterocycles. The molecule has 0 radical (unpaired) electrons. The van der Waals surface area contributed by atoms with Crippen LogP contribution in [0.2, 0.25) is 0 Å². The van der Waals surface area contributed by atoms with Crippen molar-refractivity contribution in [1.82, 2.24) is 0 Å². The molecule has 2 aromatic rings. The van der Waals surface area contributed by atoms with Crippen molar-refractivity contribution in [2.45, 2.75) is 6.61 Å². The molecule has 6 heteroatoms. The van der Waals surface area contributed by atoms with Crippen LogP contribution in [-0.4, -0.2) is 12.1 Å². The van der Waals surface area contributed by atoms with Gasteiger partial charge in [-0.05, 0) is 40.2 Å². The average Bonchev–Trinajstić information content (AvgIpc) is 2.46. The van der Waals surface area contributed by atoms with Crippen molar-refractivity contribution in [3.63, 3.8) is 0 Å². The minimum absolute atomic E-state index is 0.0278. The molecule has 21 heavy (non-hydrogen) atoms. The summed E-state index contributed by atoms with van der Waals surface area (Å²) in [6, 6.07) is 10.2. The molecular weight excluding hydrogens is 357 g/mol. The van der Waals surface area contributed by atoms with Crippen molar-refractivity contribution in [2.75, 3.05) is 7.11 Å². The van der Waals surface area contributed by atoms with Gasteiger partial charge in [-0.1, -0.05) is 24.4 Å². The molecule has 0 aromatic heterocycles. The minimum atomic E-state index is -0.449. The van der Waals surface area contributed by atoms with Crippen LogP contribution in [0.5, 0.6) is 11.5 Å². The van der Waals surface area contributed by atoms with Crippen LogP contribution in [0.4, 0.5) is 4.39 Å². The van der Waals surface area contributed by atoms with E-state index < -0.39 is 5.82 Å². The lowest BCUT2D eigenvalue weighted by Crippen LogP contribution is -2.13. The summed E-state index contributed by atoms with van der Waals surface area (Å²) in [7, 11) is 1.58. The molecule has 0 saturated heterocycles. The summed E-state index contributed by atoms with van der Waals surface area (Å²) in [5, 5.41) is 0. The highest BCUT2D eigenvalue weighted by Gasteiger charge is 2.11. The SMILES string of the molecule is COc1ccc(OCc2cccc(C(N)=S)c2F)c(Br)c1. The van der Waals surface area contributed by atoms with E-state index in [-0.39, 0.29) is 17.2 Å². The Morgan fingerprint density at radius 3 is 2.71 bits per heavy atom. The third-order valence-corrected chi connectivity index (χ3v) is 3.71. The molecule has 2 rings (SSSR count). The van der Waals surface area contributed by atoms with Gasteiger partial charge in [0.2, 0.25) is 0 Å². The first-order valence-electron chi connectivity index (χ1n) is 6.06. The molecule has 0 aliphatic rings. The molecular formula is C15H13BrFNO2S. The Balaban J connectivity index is 2.17. The molecule has 2 aromatic carbocycles. The molecule has 0 aliphatic carbocycles. The van der Waals surface area contributed by atoms with Gasteiger partial charge in [0.25, 0.3) is 0 Å². The molecule has 0 spiro atoms. The lowest BCUT2D eigenvalue weighted by atomic mass is 10.1. The fourth-order valence-electron chi connectivity index (χ4n) is 1.76. The Hall–Kier alpha value is -1.66. The quantitative estimate of drug-likeness (QED) is 0.813. The first-order chi connectivity index (χ1) is 10.0. The number of hydrogen-bond donors (Lipinski definition) is 1. The molecule has 0 unspecified atom stereocenters. The Morgan fingerprint density at radius 1 is 1.33 bits per heavy atom. The third kappa shape index (κ3) is 3.71. The molecule has 3 nitrogen and oxygen atoms in total. The maximum absolute atomic E-state index is 14.2. The number of halogens is 2. The minimum Gasteiger partial charge on any atom is -0.497 e. The van der Waals surface area contributed by atoms with Crippen molar-refractivity contribution >= 4 is 33.1 Å².